The fraction of sp³-hybridized carbons (Fsp3) is 0.538. The Labute approximate surface area is 189 Å². The first-order chi connectivity index (χ1) is 14.5. The van der Waals surface area contributed by atoms with Gasteiger partial charge in [0.05, 0.1) is 17.3 Å². The van der Waals surface area contributed by atoms with Gasteiger partial charge in [-0.05, 0) is 61.8 Å². The van der Waals surface area contributed by atoms with Crippen LogP contribution in [0.15, 0.2) is 60.7 Å². The highest BCUT2D eigenvalue weighted by Gasteiger charge is 2.59. The van der Waals surface area contributed by atoms with Crippen LogP contribution in [-0.2, 0) is 13.7 Å². The summed E-state index contributed by atoms with van der Waals surface area (Å²) in [5.74, 6) is 0. The number of hydrogen-bond acceptors (Lipinski definition) is 3. The van der Waals surface area contributed by atoms with Crippen molar-refractivity contribution in [2.24, 2.45) is 5.41 Å². The lowest BCUT2D eigenvalue weighted by Gasteiger charge is -2.35. The van der Waals surface area contributed by atoms with E-state index in [1.807, 2.05) is 0 Å². The summed E-state index contributed by atoms with van der Waals surface area (Å²) in [6.45, 7) is 15.4. The molecule has 166 valence electrons. The second-order valence-corrected chi connectivity index (χ2v) is 15.0. The van der Waals surface area contributed by atoms with Crippen LogP contribution in [0, 0.1) is 5.41 Å². The quantitative estimate of drug-likeness (QED) is 0.629. The summed E-state index contributed by atoms with van der Waals surface area (Å²) in [5.41, 5.74) is -0.183. The zero-order valence-corrected chi connectivity index (χ0v) is 21.1. The molecular weight excluding hydrogens is 399 g/mol. The molecule has 5 heteroatoms. The summed E-state index contributed by atoms with van der Waals surface area (Å²) in [4.78, 5) is 0. The Hall–Kier alpha value is -1.40. The minimum atomic E-state index is -2.51. The standard InChI is InChI=1S/C26H37BO3Si/c1-24(2,3)23-18-22(19-27-29-25(4,5)26(6,7)30-27)31(28-23,20-14-10-8-11-15-20)21-16-12-9-13-17-21/h8-17,22-23H,18-19H2,1-7H3/t22-,23-/m0/s1. The molecule has 2 fully saturated rings. The number of rotatable bonds is 4. The third kappa shape index (κ3) is 4.06. The Morgan fingerprint density at radius 3 is 1.71 bits per heavy atom. The molecule has 0 bridgehead atoms. The van der Waals surface area contributed by atoms with Crippen molar-refractivity contribution in [1.29, 1.82) is 0 Å². The molecular formula is C26H37BO3Si. The lowest BCUT2D eigenvalue weighted by atomic mass is 9.79. The SMILES string of the molecule is CC(C)(C)[C@@H]1C[C@@H](CB2OC(C)(C)C(C)(C)O2)[Si](c2ccccc2)(c2ccccc2)O1. The van der Waals surface area contributed by atoms with Gasteiger partial charge >= 0.3 is 7.12 Å². The Kier molecular flexibility index (Phi) is 5.79. The maximum atomic E-state index is 7.24. The highest BCUT2D eigenvalue weighted by Crippen LogP contribution is 2.48. The van der Waals surface area contributed by atoms with Crippen LogP contribution >= 0.6 is 0 Å². The van der Waals surface area contributed by atoms with Gasteiger partial charge in [0.1, 0.15) is 0 Å². The normalized spacial score (nSPS) is 26.9. The average Bonchev–Trinajstić information content (AvgIpc) is 3.18. The Bertz CT molecular complexity index is 836. The third-order valence-electron chi connectivity index (χ3n) is 7.55. The largest absolute Gasteiger partial charge is 0.457 e. The Balaban J connectivity index is 1.78. The topological polar surface area (TPSA) is 27.7 Å². The second-order valence-electron chi connectivity index (χ2n) is 11.3. The molecule has 2 saturated heterocycles. The van der Waals surface area contributed by atoms with E-state index in [1.165, 1.54) is 10.4 Å². The van der Waals surface area contributed by atoms with Gasteiger partial charge in [0.25, 0.3) is 8.32 Å². The van der Waals surface area contributed by atoms with Gasteiger partial charge in [-0.1, -0.05) is 81.4 Å². The predicted molar refractivity (Wildman–Crippen MR) is 131 cm³/mol. The number of benzene rings is 2. The van der Waals surface area contributed by atoms with Gasteiger partial charge in [0, 0.05) is 0 Å². The van der Waals surface area contributed by atoms with E-state index in [0.717, 1.165) is 12.7 Å². The summed E-state index contributed by atoms with van der Waals surface area (Å²) in [6.07, 6.45) is 2.09. The summed E-state index contributed by atoms with van der Waals surface area (Å²) in [6, 6.07) is 21.8. The zero-order chi connectivity index (χ0) is 22.5. The van der Waals surface area contributed by atoms with Crippen molar-refractivity contribution in [2.45, 2.75) is 84.1 Å². The first-order valence-corrected chi connectivity index (χ1v) is 13.6. The molecule has 2 aromatic rings. The zero-order valence-electron chi connectivity index (χ0n) is 20.1. The van der Waals surface area contributed by atoms with E-state index < -0.39 is 8.32 Å². The van der Waals surface area contributed by atoms with Crippen LogP contribution in [0.25, 0.3) is 0 Å². The molecule has 0 N–H and O–H groups in total. The minimum absolute atomic E-state index is 0.0759. The van der Waals surface area contributed by atoms with E-state index in [2.05, 4.69) is 109 Å². The lowest BCUT2D eigenvalue weighted by molar-refractivity contribution is 0.00578. The van der Waals surface area contributed by atoms with E-state index in [-0.39, 0.29) is 29.8 Å². The molecule has 0 saturated carbocycles. The van der Waals surface area contributed by atoms with Gasteiger partial charge in [-0.3, -0.25) is 0 Å². The molecule has 2 atom stereocenters. The van der Waals surface area contributed by atoms with Crippen LogP contribution in [0.1, 0.15) is 54.9 Å². The van der Waals surface area contributed by atoms with Crippen LogP contribution in [0.2, 0.25) is 11.9 Å². The highest BCUT2D eigenvalue weighted by atomic mass is 28.4. The van der Waals surface area contributed by atoms with Crippen LogP contribution in [0.3, 0.4) is 0 Å². The molecule has 4 rings (SSSR count). The smallest absolute Gasteiger partial charge is 0.404 e. The van der Waals surface area contributed by atoms with Crippen LogP contribution in [-0.4, -0.2) is 32.7 Å². The van der Waals surface area contributed by atoms with E-state index in [9.17, 15) is 0 Å². The van der Waals surface area contributed by atoms with E-state index in [0.29, 0.717) is 5.54 Å². The van der Waals surface area contributed by atoms with Crippen molar-refractivity contribution in [3.8, 4) is 0 Å². The van der Waals surface area contributed by atoms with Crippen molar-refractivity contribution >= 4 is 25.8 Å². The van der Waals surface area contributed by atoms with Gasteiger partial charge in [0.15, 0.2) is 0 Å². The molecule has 2 aliphatic heterocycles. The molecule has 0 amide bonds. The summed E-state index contributed by atoms with van der Waals surface area (Å²) in [5, 5.41) is 2.68. The molecule has 2 heterocycles. The van der Waals surface area contributed by atoms with Gasteiger partial charge in [-0.2, -0.15) is 0 Å². The van der Waals surface area contributed by atoms with Crippen LogP contribution < -0.4 is 10.4 Å². The molecule has 2 aliphatic rings. The van der Waals surface area contributed by atoms with Crippen LogP contribution in [0.5, 0.6) is 0 Å². The molecule has 0 aromatic heterocycles. The lowest BCUT2D eigenvalue weighted by Crippen LogP contribution is -2.62. The molecule has 0 aliphatic carbocycles. The highest BCUT2D eigenvalue weighted by molar-refractivity contribution is 6.99. The first kappa shape index (κ1) is 22.8. The molecule has 31 heavy (non-hydrogen) atoms. The van der Waals surface area contributed by atoms with Gasteiger partial charge in [0.2, 0.25) is 0 Å². The second kappa shape index (κ2) is 7.88. The summed E-state index contributed by atoms with van der Waals surface area (Å²) in [7, 11) is -2.72. The fourth-order valence-electron chi connectivity index (χ4n) is 5.02. The maximum Gasteiger partial charge on any atom is 0.457 e. The number of hydrogen-bond donors (Lipinski definition) is 0. The van der Waals surface area contributed by atoms with Crippen molar-refractivity contribution < 1.29 is 13.7 Å². The molecule has 0 spiro atoms. The summed E-state index contributed by atoms with van der Waals surface area (Å²) < 4.78 is 20.2. The van der Waals surface area contributed by atoms with Gasteiger partial charge < -0.3 is 13.7 Å². The monoisotopic (exact) mass is 436 g/mol. The molecule has 2 aromatic carbocycles. The third-order valence-corrected chi connectivity index (χ3v) is 12.2. The maximum absolute atomic E-state index is 7.24. The first-order valence-electron chi connectivity index (χ1n) is 11.6. The molecule has 0 unspecified atom stereocenters. The predicted octanol–water partition coefficient (Wildman–Crippen LogP) is 5.04. The van der Waals surface area contributed by atoms with Crippen LogP contribution in [0.4, 0.5) is 0 Å². The minimum Gasteiger partial charge on any atom is -0.404 e. The molecule has 3 nitrogen and oxygen atoms in total. The van der Waals surface area contributed by atoms with Gasteiger partial charge in [-0.15, -0.1) is 0 Å². The van der Waals surface area contributed by atoms with Crippen molar-refractivity contribution in [3.05, 3.63) is 60.7 Å². The van der Waals surface area contributed by atoms with Crippen molar-refractivity contribution in [2.75, 3.05) is 0 Å². The Morgan fingerprint density at radius 1 is 0.839 bits per heavy atom. The van der Waals surface area contributed by atoms with Gasteiger partial charge in [-0.25, -0.2) is 0 Å². The Morgan fingerprint density at radius 2 is 1.29 bits per heavy atom. The molecule has 0 radical (unpaired) electrons. The van der Waals surface area contributed by atoms with Crippen molar-refractivity contribution in [3.63, 3.8) is 0 Å². The fourth-order valence-corrected chi connectivity index (χ4v) is 10.1. The average molecular weight is 436 g/mol. The van der Waals surface area contributed by atoms with E-state index in [4.69, 9.17) is 13.7 Å². The van der Waals surface area contributed by atoms with Crippen molar-refractivity contribution in [1.82, 2.24) is 0 Å². The van der Waals surface area contributed by atoms with E-state index >= 15 is 0 Å². The summed E-state index contributed by atoms with van der Waals surface area (Å²) >= 11 is 0. The van der Waals surface area contributed by atoms with E-state index in [1.54, 1.807) is 0 Å².